The lowest BCUT2D eigenvalue weighted by Gasteiger charge is -2.36. The van der Waals surface area contributed by atoms with Crippen LogP contribution in [0.4, 0.5) is 22.1 Å². The number of likely N-dealkylation sites (N-methyl/N-ethyl adjacent to an activating group) is 2. The minimum absolute atomic E-state index is 0.271. The first-order valence-electron chi connectivity index (χ1n) is 17.0. The van der Waals surface area contributed by atoms with Crippen molar-refractivity contribution in [3.63, 3.8) is 0 Å². The molecule has 11 nitrogen and oxygen atoms in total. The maximum atomic E-state index is 12.0. The molecule has 0 aliphatic carbocycles. The van der Waals surface area contributed by atoms with E-state index in [1.165, 1.54) is 25.5 Å². The predicted molar refractivity (Wildman–Crippen MR) is 189 cm³/mol. The first kappa shape index (κ1) is 40.3. The van der Waals surface area contributed by atoms with Crippen molar-refractivity contribution >= 4 is 39.4 Å². The molecule has 0 N–H and O–H groups in total. The topological polar surface area (TPSA) is 95.5 Å². The van der Waals surface area contributed by atoms with Crippen LogP contribution < -0.4 is 4.90 Å². The molecule has 0 spiro atoms. The predicted octanol–water partition coefficient (Wildman–Crippen LogP) is 7.75. The summed E-state index contributed by atoms with van der Waals surface area (Å²) in [5.74, 6) is -0.458. The Hall–Kier alpha value is -2.92. The fourth-order valence-electron chi connectivity index (χ4n) is 5.00. The normalized spacial score (nSPS) is 11.7. The number of aryl methyl sites for hydroxylation is 1. The van der Waals surface area contributed by atoms with Gasteiger partial charge in [0.15, 0.2) is 0 Å². The molecule has 47 heavy (non-hydrogen) atoms. The van der Waals surface area contributed by atoms with Gasteiger partial charge in [0.2, 0.25) is 5.69 Å². The van der Waals surface area contributed by atoms with Gasteiger partial charge < -0.3 is 33.1 Å². The number of carbonyl (C=O) groups excluding carboxylic acids is 1. The van der Waals surface area contributed by atoms with Crippen LogP contribution in [-0.2, 0) is 23.7 Å². The Balaban J connectivity index is 1.62. The monoisotopic (exact) mass is 674 g/mol. The molecule has 262 valence electrons. The Kier molecular flexibility index (Phi) is 20.1. The van der Waals surface area contributed by atoms with E-state index in [1.807, 2.05) is 19.1 Å². The summed E-state index contributed by atoms with van der Waals surface area (Å²) in [4.78, 5) is 18.1. The quantitative estimate of drug-likeness (QED) is 0.0331. The maximum absolute atomic E-state index is 12.0. The van der Waals surface area contributed by atoms with Crippen molar-refractivity contribution in [2.75, 3.05) is 104 Å². The first-order chi connectivity index (χ1) is 22.9. The van der Waals surface area contributed by atoms with Crippen molar-refractivity contribution in [3.05, 3.63) is 46.1 Å². The van der Waals surface area contributed by atoms with Crippen LogP contribution in [0.1, 0.15) is 62.7 Å². The van der Waals surface area contributed by atoms with E-state index in [-0.39, 0.29) is 12.3 Å². The van der Waals surface area contributed by atoms with Crippen molar-refractivity contribution in [1.29, 1.82) is 0 Å². The molecule has 1 aromatic heterocycles. The number of thiophene rings is 1. The van der Waals surface area contributed by atoms with Gasteiger partial charge in [0.1, 0.15) is 16.4 Å². The van der Waals surface area contributed by atoms with E-state index in [9.17, 15) is 4.79 Å². The minimum atomic E-state index is -0.458. The number of anilines is 1. The zero-order valence-electron chi connectivity index (χ0n) is 29.4. The molecule has 1 heterocycles. The van der Waals surface area contributed by atoms with Gasteiger partial charge in [0.05, 0.1) is 91.4 Å². The highest BCUT2D eigenvalue weighted by molar-refractivity contribution is 7.18. The maximum Gasteiger partial charge on any atom is 0.347 e. The van der Waals surface area contributed by atoms with Crippen molar-refractivity contribution in [2.45, 2.75) is 54.4 Å². The Morgan fingerprint density at radius 2 is 1.51 bits per heavy atom. The summed E-state index contributed by atoms with van der Waals surface area (Å²) in [6.45, 7) is 31.2. The summed E-state index contributed by atoms with van der Waals surface area (Å²) in [6, 6.07) is 7.48. The van der Waals surface area contributed by atoms with Crippen LogP contribution in [0.5, 0.6) is 0 Å². The van der Waals surface area contributed by atoms with Gasteiger partial charge in [0.25, 0.3) is 0 Å². The molecule has 1 aromatic carbocycles. The fraction of sp³-hybridized carbons (Fsp3) is 0.657. The summed E-state index contributed by atoms with van der Waals surface area (Å²) in [5, 5.41) is 9.01. The molecule has 0 aliphatic rings. The van der Waals surface area contributed by atoms with Crippen LogP contribution in [0.15, 0.2) is 34.5 Å². The Labute approximate surface area is 286 Å². The van der Waals surface area contributed by atoms with Crippen molar-refractivity contribution in [3.8, 4) is 0 Å². The zero-order valence-corrected chi connectivity index (χ0v) is 30.2. The van der Waals surface area contributed by atoms with E-state index in [0.717, 1.165) is 66.4 Å². The van der Waals surface area contributed by atoms with Crippen molar-refractivity contribution < 1.29 is 33.0 Å². The summed E-state index contributed by atoms with van der Waals surface area (Å²) in [7, 11) is 0. The second-order valence-electron chi connectivity index (χ2n) is 11.1. The van der Waals surface area contributed by atoms with Gasteiger partial charge in [-0.2, -0.15) is 10.2 Å². The molecule has 0 saturated carbocycles. The SMILES string of the molecule is [C-]#[N+]c1cc(C(=O)OCC)sc1/N=N/c1ccc(N(CC)CCOCCOCCOCCOCC[N+](CC)(CC)CCCC)cc1C. The fourth-order valence-corrected chi connectivity index (χ4v) is 5.81. The van der Waals surface area contributed by atoms with E-state index in [4.69, 9.17) is 30.3 Å². The molecule has 0 unspecified atom stereocenters. The second-order valence-corrected chi connectivity index (χ2v) is 12.1. The van der Waals surface area contributed by atoms with Crippen LogP contribution in [0.25, 0.3) is 4.85 Å². The lowest BCUT2D eigenvalue weighted by Crippen LogP contribution is -2.50. The molecule has 0 saturated heterocycles. The lowest BCUT2D eigenvalue weighted by molar-refractivity contribution is -0.925. The Bertz CT molecular complexity index is 1240. The van der Waals surface area contributed by atoms with E-state index >= 15 is 0 Å². The third kappa shape index (κ3) is 14.4. The average molecular weight is 675 g/mol. The minimum Gasteiger partial charge on any atom is -0.462 e. The number of hydrogen-bond acceptors (Lipinski definition) is 10. The Morgan fingerprint density at radius 1 is 0.872 bits per heavy atom. The number of hydrogen-bond donors (Lipinski definition) is 0. The van der Waals surface area contributed by atoms with E-state index in [0.29, 0.717) is 61.8 Å². The van der Waals surface area contributed by atoms with Crippen molar-refractivity contribution in [2.24, 2.45) is 10.2 Å². The van der Waals surface area contributed by atoms with Crippen LogP contribution in [0.2, 0.25) is 0 Å². The second kappa shape index (κ2) is 23.4. The summed E-state index contributed by atoms with van der Waals surface area (Å²) in [6.07, 6.45) is 2.51. The molecular formula is C35H56N5O6S+. The third-order valence-electron chi connectivity index (χ3n) is 8.13. The highest BCUT2D eigenvalue weighted by Crippen LogP contribution is 2.39. The first-order valence-corrected chi connectivity index (χ1v) is 17.8. The summed E-state index contributed by atoms with van der Waals surface area (Å²) < 4.78 is 29.1. The largest absolute Gasteiger partial charge is 0.462 e. The Morgan fingerprint density at radius 3 is 2.06 bits per heavy atom. The molecular weight excluding hydrogens is 618 g/mol. The molecule has 2 aromatic rings. The third-order valence-corrected chi connectivity index (χ3v) is 9.11. The number of benzene rings is 1. The van der Waals surface area contributed by atoms with Gasteiger partial charge in [-0.25, -0.2) is 9.64 Å². The smallest absolute Gasteiger partial charge is 0.347 e. The van der Waals surface area contributed by atoms with Gasteiger partial charge in [-0.15, -0.1) is 11.3 Å². The lowest BCUT2D eigenvalue weighted by atomic mass is 10.1. The van der Waals surface area contributed by atoms with Gasteiger partial charge in [-0.3, -0.25) is 0 Å². The van der Waals surface area contributed by atoms with Crippen LogP contribution in [0.3, 0.4) is 0 Å². The van der Waals surface area contributed by atoms with Gasteiger partial charge in [-0.1, -0.05) is 13.3 Å². The number of ether oxygens (including phenoxy) is 5. The van der Waals surface area contributed by atoms with E-state index in [2.05, 4.69) is 53.7 Å². The van der Waals surface area contributed by atoms with Crippen LogP contribution >= 0.6 is 11.3 Å². The molecule has 0 fully saturated rings. The number of azo groups is 1. The number of unbranched alkanes of at least 4 members (excludes halogenated alkanes) is 1. The molecule has 0 aliphatic heterocycles. The molecule has 0 bridgehead atoms. The summed E-state index contributed by atoms with van der Waals surface area (Å²) in [5.41, 5.74) is 3.00. The van der Waals surface area contributed by atoms with E-state index < -0.39 is 5.97 Å². The molecule has 0 atom stereocenters. The molecule has 0 amide bonds. The van der Waals surface area contributed by atoms with Crippen LogP contribution in [0, 0.1) is 13.5 Å². The molecule has 2 rings (SSSR count). The number of rotatable bonds is 26. The van der Waals surface area contributed by atoms with Gasteiger partial charge in [0, 0.05) is 18.8 Å². The average Bonchev–Trinajstić information content (AvgIpc) is 3.51. The zero-order chi connectivity index (χ0) is 34.3. The summed E-state index contributed by atoms with van der Waals surface area (Å²) >= 11 is 1.10. The van der Waals surface area contributed by atoms with Gasteiger partial charge >= 0.3 is 5.97 Å². The standard InChI is InChI=1S/C35H56N5O6S/c1-8-13-17-40(10-3,11-4)18-20-43-22-24-45-26-25-44-23-21-42-19-16-39(9-2)30-14-15-31(29(6)27-30)37-38-34-32(36-7)28-33(47-34)35(41)46-12-5/h14-15,27-28H,8-13,16-26H2,1-6H3/q+1/b38-37+. The number of carbonyl (C=O) groups is 1. The van der Waals surface area contributed by atoms with Gasteiger partial charge in [-0.05, 0) is 70.9 Å². The van der Waals surface area contributed by atoms with Crippen LogP contribution in [-0.4, -0.2) is 109 Å². The number of nitrogens with zero attached hydrogens (tertiary/aromatic N) is 5. The highest BCUT2D eigenvalue weighted by Gasteiger charge is 2.22. The van der Waals surface area contributed by atoms with Crippen molar-refractivity contribution in [1.82, 2.24) is 0 Å². The highest BCUT2D eigenvalue weighted by atomic mass is 32.1. The van der Waals surface area contributed by atoms with E-state index in [1.54, 1.807) is 6.92 Å². The molecule has 12 heteroatoms. The molecule has 0 radical (unpaired) electrons. The number of quaternary nitrogens is 1. The number of esters is 1.